The van der Waals surface area contributed by atoms with Crippen LogP contribution in [0.4, 0.5) is 4.39 Å². The van der Waals surface area contributed by atoms with Gasteiger partial charge in [0.1, 0.15) is 16.6 Å². The first-order chi connectivity index (χ1) is 10.3. The van der Waals surface area contributed by atoms with Gasteiger partial charge in [-0.2, -0.15) is 0 Å². The van der Waals surface area contributed by atoms with Gasteiger partial charge in [0.15, 0.2) is 0 Å². The van der Waals surface area contributed by atoms with E-state index in [1.54, 1.807) is 12.1 Å². The van der Waals surface area contributed by atoms with Crippen molar-refractivity contribution in [3.63, 3.8) is 0 Å². The van der Waals surface area contributed by atoms with Gasteiger partial charge in [-0.15, -0.1) is 4.72 Å². The van der Waals surface area contributed by atoms with E-state index in [4.69, 9.17) is 0 Å². The lowest BCUT2D eigenvalue weighted by Gasteiger charge is -2.28. The van der Waals surface area contributed by atoms with Crippen molar-refractivity contribution in [2.24, 2.45) is 0 Å². The molecule has 0 amide bonds. The standard InChI is InChI=1S/C17H19BrFNOS/c1-17(2,3)22(21)20-16(12-4-8-14(18)9-5-12)13-6-10-15(19)11-7-13/h4-11,16,20H,1-3H3. The third-order valence-corrected chi connectivity index (χ3v) is 5.28. The fraction of sp³-hybridized carbons (Fsp3) is 0.294. The molecule has 2 rings (SSSR count). The highest BCUT2D eigenvalue weighted by Crippen LogP contribution is 2.27. The molecule has 0 aliphatic heterocycles. The zero-order valence-corrected chi connectivity index (χ0v) is 15.2. The minimum Gasteiger partial charge on any atom is -0.598 e. The maximum atomic E-state index is 13.2. The Hall–Kier alpha value is -0.880. The van der Waals surface area contributed by atoms with Crippen molar-refractivity contribution < 1.29 is 8.94 Å². The molecule has 0 aliphatic rings. The van der Waals surface area contributed by atoms with Gasteiger partial charge in [-0.25, -0.2) is 4.39 Å². The van der Waals surface area contributed by atoms with Crippen LogP contribution >= 0.6 is 15.9 Å². The molecule has 2 aromatic carbocycles. The number of halogens is 2. The van der Waals surface area contributed by atoms with Gasteiger partial charge in [0.2, 0.25) is 0 Å². The molecule has 0 aromatic heterocycles. The summed E-state index contributed by atoms with van der Waals surface area (Å²) >= 11 is 2.18. The molecule has 1 N–H and O–H groups in total. The van der Waals surface area contributed by atoms with Crippen LogP contribution in [0.5, 0.6) is 0 Å². The SMILES string of the molecule is CC(C)(C)[S+]([O-])NC(c1ccc(F)cc1)c1ccc(Br)cc1. The highest BCUT2D eigenvalue weighted by Gasteiger charge is 2.30. The van der Waals surface area contributed by atoms with E-state index in [1.807, 2.05) is 45.0 Å². The molecule has 118 valence electrons. The molecular formula is C17H19BrFNOS. The Morgan fingerprint density at radius 2 is 1.45 bits per heavy atom. The lowest BCUT2D eigenvalue weighted by molar-refractivity contribution is 0.535. The average Bonchev–Trinajstić information content (AvgIpc) is 2.46. The van der Waals surface area contributed by atoms with Crippen LogP contribution in [0.25, 0.3) is 0 Å². The quantitative estimate of drug-likeness (QED) is 0.774. The zero-order chi connectivity index (χ0) is 16.3. The van der Waals surface area contributed by atoms with E-state index < -0.39 is 11.4 Å². The first kappa shape index (κ1) is 17.5. The molecule has 2 unspecified atom stereocenters. The van der Waals surface area contributed by atoms with Crippen LogP contribution in [-0.4, -0.2) is 9.30 Å². The maximum absolute atomic E-state index is 13.2. The van der Waals surface area contributed by atoms with Crippen LogP contribution in [0.3, 0.4) is 0 Å². The third kappa shape index (κ3) is 4.56. The van der Waals surface area contributed by atoms with Gasteiger partial charge < -0.3 is 4.55 Å². The molecule has 0 radical (unpaired) electrons. The lowest BCUT2D eigenvalue weighted by atomic mass is 10.00. The van der Waals surface area contributed by atoms with E-state index in [1.165, 1.54) is 12.1 Å². The van der Waals surface area contributed by atoms with Gasteiger partial charge in [0, 0.05) is 15.8 Å². The average molecular weight is 384 g/mol. The van der Waals surface area contributed by atoms with Crippen LogP contribution in [0.2, 0.25) is 0 Å². The molecule has 2 nitrogen and oxygen atoms in total. The van der Waals surface area contributed by atoms with E-state index in [9.17, 15) is 8.94 Å². The van der Waals surface area contributed by atoms with Crippen molar-refractivity contribution in [3.05, 3.63) is 69.9 Å². The molecule has 0 saturated carbocycles. The first-order valence-corrected chi connectivity index (χ1v) is 8.90. The van der Waals surface area contributed by atoms with E-state index in [0.29, 0.717) is 0 Å². The molecule has 2 aromatic rings. The van der Waals surface area contributed by atoms with Crippen LogP contribution in [0, 0.1) is 5.82 Å². The van der Waals surface area contributed by atoms with Gasteiger partial charge in [0.05, 0.1) is 0 Å². The Morgan fingerprint density at radius 3 is 1.91 bits per heavy atom. The van der Waals surface area contributed by atoms with Crippen molar-refractivity contribution in [3.8, 4) is 0 Å². The molecule has 0 spiro atoms. The summed E-state index contributed by atoms with van der Waals surface area (Å²) in [4.78, 5) is 0. The smallest absolute Gasteiger partial charge is 0.136 e. The summed E-state index contributed by atoms with van der Waals surface area (Å²) in [5.41, 5.74) is 1.86. The summed E-state index contributed by atoms with van der Waals surface area (Å²) in [5.74, 6) is -0.282. The van der Waals surface area contributed by atoms with Crippen molar-refractivity contribution in [2.45, 2.75) is 31.6 Å². The van der Waals surface area contributed by atoms with Crippen LogP contribution in [0.1, 0.15) is 37.9 Å². The first-order valence-electron chi connectivity index (χ1n) is 6.96. The normalized spacial score (nSPS) is 14.6. The predicted octanol–water partition coefficient (Wildman–Crippen LogP) is 4.73. The second-order valence-corrected chi connectivity index (χ2v) is 8.95. The van der Waals surface area contributed by atoms with Crippen molar-refractivity contribution in [1.82, 2.24) is 4.72 Å². The van der Waals surface area contributed by atoms with Gasteiger partial charge in [0.25, 0.3) is 0 Å². The Bertz CT molecular complexity index is 565. The minimum atomic E-state index is -1.23. The van der Waals surface area contributed by atoms with Crippen molar-refractivity contribution >= 4 is 27.3 Å². The molecular weight excluding hydrogens is 365 g/mol. The lowest BCUT2D eigenvalue weighted by Crippen LogP contribution is -2.41. The molecule has 22 heavy (non-hydrogen) atoms. The molecule has 0 bridgehead atoms. The van der Waals surface area contributed by atoms with E-state index in [2.05, 4.69) is 20.7 Å². The second-order valence-electron chi connectivity index (χ2n) is 6.04. The van der Waals surface area contributed by atoms with E-state index in [0.717, 1.165) is 15.6 Å². The molecule has 0 saturated heterocycles. The topological polar surface area (TPSA) is 35.1 Å². The number of hydrogen-bond acceptors (Lipinski definition) is 2. The van der Waals surface area contributed by atoms with Gasteiger partial charge in [-0.05, 0) is 56.2 Å². The Balaban J connectivity index is 2.36. The van der Waals surface area contributed by atoms with Gasteiger partial charge in [-0.1, -0.05) is 40.2 Å². The van der Waals surface area contributed by atoms with Gasteiger partial charge in [-0.3, -0.25) is 0 Å². The fourth-order valence-electron chi connectivity index (χ4n) is 1.92. The summed E-state index contributed by atoms with van der Waals surface area (Å²) < 4.78 is 29.4. The summed E-state index contributed by atoms with van der Waals surface area (Å²) in [6.45, 7) is 5.75. The summed E-state index contributed by atoms with van der Waals surface area (Å²) in [5, 5.41) is 0. The maximum Gasteiger partial charge on any atom is 0.136 e. The summed E-state index contributed by atoms with van der Waals surface area (Å²) in [6.07, 6.45) is 0. The molecule has 0 fully saturated rings. The largest absolute Gasteiger partial charge is 0.598 e. The van der Waals surface area contributed by atoms with Crippen molar-refractivity contribution in [1.29, 1.82) is 0 Å². The molecule has 2 atom stereocenters. The predicted molar refractivity (Wildman–Crippen MR) is 93.4 cm³/mol. The Kier molecular flexibility index (Phi) is 5.66. The monoisotopic (exact) mass is 383 g/mol. The number of nitrogens with one attached hydrogen (secondary N) is 1. The fourth-order valence-corrected chi connectivity index (χ4v) is 3.03. The van der Waals surface area contributed by atoms with Crippen LogP contribution < -0.4 is 4.72 Å². The van der Waals surface area contributed by atoms with Crippen molar-refractivity contribution in [2.75, 3.05) is 0 Å². The highest BCUT2D eigenvalue weighted by molar-refractivity contribution is 9.10. The van der Waals surface area contributed by atoms with Gasteiger partial charge >= 0.3 is 0 Å². The summed E-state index contributed by atoms with van der Waals surface area (Å²) in [7, 11) is 0. The minimum absolute atomic E-state index is 0.256. The van der Waals surface area contributed by atoms with E-state index in [-0.39, 0.29) is 16.6 Å². The van der Waals surface area contributed by atoms with Crippen LogP contribution in [-0.2, 0) is 11.4 Å². The van der Waals surface area contributed by atoms with Crippen LogP contribution in [0.15, 0.2) is 53.0 Å². The summed E-state index contributed by atoms with van der Waals surface area (Å²) in [6, 6.07) is 13.8. The Labute approximate surface area is 142 Å². The number of benzene rings is 2. The Morgan fingerprint density at radius 1 is 1.00 bits per heavy atom. The number of rotatable bonds is 4. The molecule has 0 aliphatic carbocycles. The number of hydrogen-bond donors (Lipinski definition) is 1. The molecule has 5 heteroatoms. The second kappa shape index (κ2) is 7.13. The molecule has 0 heterocycles. The third-order valence-electron chi connectivity index (χ3n) is 3.19. The zero-order valence-electron chi connectivity index (χ0n) is 12.8. The van der Waals surface area contributed by atoms with E-state index >= 15 is 0 Å². The highest BCUT2D eigenvalue weighted by atomic mass is 79.9.